The van der Waals surface area contributed by atoms with E-state index >= 15 is 0 Å². The molecular weight excluding hydrogens is 352 g/mol. The normalized spacial score (nSPS) is 21.1. The Morgan fingerprint density at radius 2 is 1.85 bits per heavy atom. The van der Waals surface area contributed by atoms with Gasteiger partial charge in [-0.15, -0.1) is 0 Å². The van der Waals surface area contributed by atoms with E-state index in [1.54, 1.807) is 29.2 Å². The molecule has 6 heteroatoms. The quantitative estimate of drug-likeness (QED) is 0.826. The smallest absolute Gasteiger partial charge is 0.227 e. The molecule has 142 valence electrons. The Morgan fingerprint density at radius 1 is 1.15 bits per heavy atom. The molecule has 2 fully saturated rings. The lowest BCUT2D eigenvalue weighted by atomic mass is 10.0. The average Bonchev–Trinajstić information content (AvgIpc) is 3.22. The molecule has 1 amide bonds. The zero-order valence-electron chi connectivity index (χ0n) is 15.1. The topological polar surface area (TPSA) is 38.8 Å². The fourth-order valence-corrected chi connectivity index (χ4v) is 3.88. The first-order valence-electron chi connectivity index (χ1n) is 9.07. The number of hydrogen-bond donors (Lipinski definition) is 0. The summed E-state index contributed by atoms with van der Waals surface area (Å²) in [5.41, 5.74) is 1.82. The van der Waals surface area contributed by atoms with Crippen LogP contribution in [0.1, 0.15) is 18.9 Å². The summed E-state index contributed by atoms with van der Waals surface area (Å²) in [6, 6.07) is 10.7. The molecule has 0 radical (unpaired) electrons. The molecular formula is C21H21F2NO3. The minimum absolute atomic E-state index is 0.0131. The highest BCUT2D eigenvalue weighted by Crippen LogP contribution is 2.34. The van der Waals surface area contributed by atoms with Crippen molar-refractivity contribution in [3.8, 4) is 11.1 Å². The molecule has 1 atom stereocenters. The number of hydrogen-bond acceptors (Lipinski definition) is 3. The standard InChI is InChI=1S/C21H21F2NO3/c1-14-12-21(26-8-9-27-21)13-24(14)20(25)10-15-2-4-16(5-3-15)18-7-6-17(22)11-19(18)23/h2-7,11,14H,8-10,12-13H2,1H3. The van der Waals surface area contributed by atoms with Crippen LogP contribution >= 0.6 is 0 Å². The van der Waals surface area contributed by atoms with Crippen molar-refractivity contribution in [1.29, 1.82) is 0 Å². The predicted molar refractivity (Wildman–Crippen MR) is 95.9 cm³/mol. The SMILES string of the molecule is CC1CC2(CN1C(=O)Cc1ccc(-c3ccc(F)cc3F)cc1)OCCO2. The van der Waals surface area contributed by atoms with Crippen molar-refractivity contribution in [2.45, 2.75) is 31.6 Å². The first-order valence-corrected chi connectivity index (χ1v) is 9.07. The second kappa shape index (κ2) is 7.02. The number of halogens is 2. The highest BCUT2D eigenvalue weighted by Gasteiger charge is 2.48. The molecule has 2 aromatic rings. The van der Waals surface area contributed by atoms with Gasteiger partial charge in [0, 0.05) is 24.1 Å². The van der Waals surface area contributed by atoms with Gasteiger partial charge >= 0.3 is 0 Å². The van der Waals surface area contributed by atoms with Crippen molar-refractivity contribution >= 4 is 5.91 Å². The van der Waals surface area contributed by atoms with Crippen LogP contribution in [-0.4, -0.2) is 42.4 Å². The number of likely N-dealkylation sites (tertiary alicyclic amines) is 1. The van der Waals surface area contributed by atoms with Gasteiger partial charge in [-0.25, -0.2) is 8.78 Å². The molecule has 0 aliphatic carbocycles. The van der Waals surface area contributed by atoms with Crippen molar-refractivity contribution in [1.82, 2.24) is 4.90 Å². The Balaban J connectivity index is 1.44. The van der Waals surface area contributed by atoms with Crippen LogP contribution in [0.5, 0.6) is 0 Å². The second-order valence-corrected chi connectivity index (χ2v) is 7.18. The summed E-state index contributed by atoms with van der Waals surface area (Å²) >= 11 is 0. The van der Waals surface area contributed by atoms with Crippen LogP contribution in [0.4, 0.5) is 8.78 Å². The molecule has 1 spiro atoms. The molecule has 2 aromatic carbocycles. The summed E-state index contributed by atoms with van der Waals surface area (Å²) in [5, 5.41) is 0. The lowest BCUT2D eigenvalue weighted by Crippen LogP contribution is -2.38. The number of carbonyl (C=O) groups excluding carboxylic acids is 1. The van der Waals surface area contributed by atoms with E-state index in [4.69, 9.17) is 9.47 Å². The Bertz CT molecular complexity index is 847. The number of benzene rings is 2. The van der Waals surface area contributed by atoms with E-state index in [1.165, 1.54) is 12.1 Å². The Morgan fingerprint density at radius 3 is 2.52 bits per heavy atom. The fraction of sp³-hybridized carbons (Fsp3) is 0.381. The van der Waals surface area contributed by atoms with Crippen LogP contribution in [0.3, 0.4) is 0 Å². The Kier molecular flexibility index (Phi) is 4.70. The number of ether oxygens (including phenoxy) is 2. The third-order valence-electron chi connectivity index (χ3n) is 5.24. The van der Waals surface area contributed by atoms with Gasteiger partial charge in [-0.2, -0.15) is 0 Å². The van der Waals surface area contributed by atoms with Gasteiger partial charge < -0.3 is 14.4 Å². The summed E-state index contributed by atoms with van der Waals surface area (Å²) in [7, 11) is 0. The number of rotatable bonds is 3. The van der Waals surface area contributed by atoms with Gasteiger partial charge in [-0.3, -0.25) is 4.79 Å². The third kappa shape index (κ3) is 3.59. The molecule has 1 unspecified atom stereocenters. The van der Waals surface area contributed by atoms with E-state index in [-0.39, 0.29) is 18.4 Å². The lowest BCUT2D eigenvalue weighted by molar-refractivity contribution is -0.152. The molecule has 0 aromatic heterocycles. The molecule has 2 aliphatic rings. The third-order valence-corrected chi connectivity index (χ3v) is 5.24. The van der Waals surface area contributed by atoms with Crippen LogP contribution < -0.4 is 0 Å². The van der Waals surface area contributed by atoms with E-state index in [1.807, 2.05) is 6.92 Å². The van der Waals surface area contributed by atoms with Crippen LogP contribution in [-0.2, 0) is 20.7 Å². The molecule has 4 nitrogen and oxygen atoms in total. The maximum atomic E-state index is 13.9. The molecule has 0 saturated carbocycles. The zero-order chi connectivity index (χ0) is 19.0. The fourth-order valence-electron chi connectivity index (χ4n) is 3.88. The van der Waals surface area contributed by atoms with Crippen LogP contribution in [0, 0.1) is 11.6 Å². The van der Waals surface area contributed by atoms with E-state index in [9.17, 15) is 13.6 Å². The van der Waals surface area contributed by atoms with Crippen molar-refractivity contribution in [2.24, 2.45) is 0 Å². The average molecular weight is 373 g/mol. The van der Waals surface area contributed by atoms with Gasteiger partial charge in [0.05, 0.1) is 26.2 Å². The molecule has 2 saturated heterocycles. The Labute approximate surface area is 156 Å². The van der Waals surface area contributed by atoms with Gasteiger partial charge in [0.2, 0.25) is 5.91 Å². The molecule has 27 heavy (non-hydrogen) atoms. The minimum atomic E-state index is -0.640. The predicted octanol–water partition coefficient (Wildman–Crippen LogP) is 3.54. The van der Waals surface area contributed by atoms with E-state index in [0.717, 1.165) is 11.6 Å². The van der Waals surface area contributed by atoms with Crippen molar-refractivity contribution in [2.75, 3.05) is 19.8 Å². The van der Waals surface area contributed by atoms with Crippen LogP contribution in [0.25, 0.3) is 11.1 Å². The molecule has 2 aliphatic heterocycles. The molecule has 0 N–H and O–H groups in total. The first-order chi connectivity index (χ1) is 13.0. The maximum Gasteiger partial charge on any atom is 0.227 e. The van der Waals surface area contributed by atoms with E-state index in [0.29, 0.717) is 37.3 Å². The lowest BCUT2D eigenvalue weighted by Gasteiger charge is -2.23. The first kappa shape index (κ1) is 18.1. The van der Waals surface area contributed by atoms with Gasteiger partial charge in [0.25, 0.3) is 0 Å². The van der Waals surface area contributed by atoms with Crippen LogP contribution in [0.15, 0.2) is 42.5 Å². The van der Waals surface area contributed by atoms with Crippen LogP contribution in [0.2, 0.25) is 0 Å². The summed E-state index contributed by atoms with van der Waals surface area (Å²) in [6.07, 6.45) is 0.939. The minimum Gasteiger partial charge on any atom is -0.346 e. The monoisotopic (exact) mass is 373 g/mol. The van der Waals surface area contributed by atoms with Gasteiger partial charge in [-0.1, -0.05) is 24.3 Å². The summed E-state index contributed by atoms with van der Waals surface area (Å²) in [6.45, 7) is 3.58. The van der Waals surface area contributed by atoms with Crippen molar-refractivity contribution in [3.05, 3.63) is 59.7 Å². The zero-order valence-corrected chi connectivity index (χ0v) is 15.1. The van der Waals surface area contributed by atoms with E-state index in [2.05, 4.69) is 0 Å². The number of carbonyl (C=O) groups is 1. The highest BCUT2D eigenvalue weighted by molar-refractivity contribution is 5.80. The summed E-state index contributed by atoms with van der Waals surface area (Å²) in [4.78, 5) is 14.5. The van der Waals surface area contributed by atoms with Gasteiger partial charge in [-0.05, 0) is 30.2 Å². The largest absolute Gasteiger partial charge is 0.346 e. The summed E-state index contributed by atoms with van der Waals surface area (Å²) in [5.74, 6) is -1.84. The van der Waals surface area contributed by atoms with Crippen molar-refractivity contribution < 1.29 is 23.0 Å². The molecule has 0 bridgehead atoms. The Hall–Kier alpha value is -2.31. The summed E-state index contributed by atoms with van der Waals surface area (Å²) < 4.78 is 38.4. The number of nitrogens with zero attached hydrogens (tertiary/aromatic N) is 1. The highest BCUT2D eigenvalue weighted by atomic mass is 19.1. The second-order valence-electron chi connectivity index (χ2n) is 7.18. The molecule has 4 rings (SSSR count). The maximum absolute atomic E-state index is 13.9. The van der Waals surface area contributed by atoms with Gasteiger partial charge in [0.1, 0.15) is 11.6 Å². The molecule has 2 heterocycles. The number of amides is 1. The van der Waals surface area contributed by atoms with Crippen molar-refractivity contribution in [3.63, 3.8) is 0 Å². The van der Waals surface area contributed by atoms with Gasteiger partial charge in [0.15, 0.2) is 5.79 Å². The van der Waals surface area contributed by atoms with E-state index < -0.39 is 17.4 Å².